The van der Waals surface area contributed by atoms with Crippen LogP contribution >= 0.6 is 12.1 Å². The van der Waals surface area contributed by atoms with Crippen LogP contribution in [0.15, 0.2) is 36.4 Å². The van der Waals surface area contributed by atoms with E-state index in [-0.39, 0.29) is 23.1 Å². The molecule has 33 heavy (non-hydrogen) atoms. The van der Waals surface area contributed by atoms with Crippen LogP contribution in [0.3, 0.4) is 0 Å². The van der Waals surface area contributed by atoms with Gasteiger partial charge in [-0.2, -0.15) is 0 Å². The summed E-state index contributed by atoms with van der Waals surface area (Å²) in [6.07, 6.45) is -0.451. The van der Waals surface area contributed by atoms with E-state index in [1.54, 1.807) is 32.2 Å². The molecule has 2 fully saturated rings. The molecule has 0 saturated carbocycles. The number of benzene rings is 2. The van der Waals surface area contributed by atoms with E-state index in [0.29, 0.717) is 18.6 Å². The third-order valence-corrected chi connectivity index (χ3v) is 6.73. The molecule has 0 aromatic heterocycles. The van der Waals surface area contributed by atoms with Crippen molar-refractivity contribution < 1.29 is 27.1 Å². The number of halogens is 4. The van der Waals surface area contributed by atoms with Crippen molar-refractivity contribution in [2.75, 3.05) is 20.2 Å². The number of likely N-dealkylation sites (tertiary alicyclic amines) is 1. The topological polar surface area (TPSA) is 53.6 Å². The third kappa shape index (κ3) is 4.62. The van der Waals surface area contributed by atoms with Gasteiger partial charge in [0.25, 0.3) is 11.8 Å². The number of alkyl halides is 2. The standard InChI is InChI=1S/C23H25F4N3O2S/c1-13-5-3-7-15(19(13)24)16-8-4-6-14(20(16)25)11-17-21(29-33-28-2)23(26,27)12-30(17)22(31)18-9-10-32-18/h3-8,17-18,21,28-29H,9-12H2,1-2H3/t17-,18+,21+/m0/s1. The first kappa shape index (κ1) is 24.0. The summed E-state index contributed by atoms with van der Waals surface area (Å²) in [5.74, 6) is -4.98. The molecule has 4 rings (SSSR count). The Morgan fingerprint density at radius 3 is 2.48 bits per heavy atom. The van der Waals surface area contributed by atoms with Crippen molar-refractivity contribution in [1.82, 2.24) is 14.3 Å². The second kappa shape index (κ2) is 9.61. The highest BCUT2D eigenvalue weighted by Crippen LogP contribution is 2.38. The van der Waals surface area contributed by atoms with Crippen LogP contribution in [0, 0.1) is 18.6 Å². The van der Waals surface area contributed by atoms with E-state index in [9.17, 15) is 18.0 Å². The van der Waals surface area contributed by atoms with Crippen molar-refractivity contribution >= 4 is 18.0 Å². The average molecular weight is 484 g/mol. The molecule has 5 nitrogen and oxygen atoms in total. The average Bonchev–Trinajstić information content (AvgIpc) is 2.98. The molecule has 178 valence electrons. The van der Waals surface area contributed by atoms with E-state index in [1.165, 1.54) is 18.2 Å². The summed E-state index contributed by atoms with van der Waals surface area (Å²) in [6, 6.07) is 6.75. The molecule has 0 spiro atoms. The fraction of sp³-hybridized carbons (Fsp3) is 0.435. The van der Waals surface area contributed by atoms with Crippen LogP contribution in [0.1, 0.15) is 17.5 Å². The van der Waals surface area contributed by atoms with Gasteiger partial charge in [-0.3, -0.25) is 9.52 Å². The van der Waals surface area contributed by atoms with E-state index in [2.05, 4.69) is 9.44 Å². The lowest BCUT2D eigenvalue weighted by atomic mass is 9.94. The minimum absolute atomic E-state index is 0.0489. The largest absolute Gasteiger partial charge is 0.368 e. The molecule has 2 aromatic rings. The smallest absolute Gasteiger partial charge is 0.283 e. The predicted octanol–water partition coefficient (Wildman–Crippen LogP) is 3.86. The zero-order valence-corrected chi connectivity index (χ0v) is 19.0. The Morgan fingerprint density at radius 1 is 1.18 bits per heavy atom. The van der Waals surface area contributed by atoms with Crippen LogP contribution in [0.4, 0.5) is 17.6 Å². The number of hydrogen-bond acceptors (Lipinski definition) is 5. The Morgan fingerprint density at radius 2 is 1.85 bits per heavy atom. The highest BCUT2D eigenvalue weighted by atomic mass is 32.2. The maximum Gasteiger partial charge on any atom is 0.283 e. The van der Waals surface area contributed by atoms with Crippen LogP contribution in [-0.4, -0.2) is 55.1 Å². The Labute approximate surface area is 194 Å². The molecule has 2 N–H and O–H groups in total. The number of rotatable bonds is 7. The number of hydrogen-bond donors (Lipinski definition) is 2. The van der Waals surface area contributed by atoms with Gasteiger partial charge >= 0.3 is 0 Å². The molecule has 2 heterocycles. The van der Waals surface area contributed by atoms with Crippen molar-refractivity contribution in [3.05, 3.63) is 59.2 Å². The summed E-state index contributed by atoms with van der Waals surface area (Å²) in [5.41, 5.74) is 0.651. The number of aryl methyl sites for hydroxylation is 1. The van der Waals surface area contributed by atoms with Crippen molar-refractivity contribution in [3.8, 4) is 11.1 Å². The molecule has 2 saturated heterocycles. The lowest BCUT2D eigenvalue weighted by molar-refractivity contribution is -0.158. The quantitative estimate of drug-likeness (QED) is 0.463. The second-order valence-electron chi connectivity index (χ2n) is 8.26. The number of ether oxygens (including phenoxy) is 1. The monoisotopic (exact) mass is 483 g/mol. The highest BCUT2D eigenvalue weighted by molar-refractivity contribution is 7.95. The fourth-order valence-electron chi connectivity index (χ4n) is 4.30. The molecule has 2 aliphatic rings. The van der Waals surface area contributed by atoms with Gasteiger partial charge in [0.15, 0.2) is 0 Å². The summed E-state index contributed by atoms with van der Waals surface area (Å²) < 4.78 is 70.7. The first-order valence-electron chi connectivity index (χ1n) is 10.7. The molecule has 0 unspecified atom stereocenters. The summed E-state index contributed by atoms with van der Waals surface area (Å²) in [7, 11) is 1.57. The number of nitrogens with zero attached hydrogens (tertiary/aromatic N) is 1. The van der Waals surface area contributed by atoms with Gasteiger partial charge in [-0.25, -0.2) is 22.3 Å². The lowest BCUT2D eigenvalue weighted by Gasteiger charge is -2.34. The van der Waals surface area contributed by atoms with Gasteiger partial charge < -0.3 is 9.64 Å². The zero-order valence-electron chi connectivity index (χ0n) is 18.2. The Kier molecular flexibility index (Phi) is 6.99. The second-order valence-corrected chi connectivity index (χ2v) is 9.11. The number of carbonyl (C=O) groups excluding carboxylic acids is 1. The summed E-state index contributed by atoms with van der Waals surface area (Å²) in [6.45, 7) is 1.20. The van der Waals surface area contributed by atoms with Crippen LogP contribution < -0.4 is 9.44 Å². The Hall–Kier alpha value is -2.14. The van der Waals surface area contributed by atoms with Crippen LogP contribution in [0.5, 0.6) is 0 Å². The van der Waals surface area contributed by atoms with Crippen molar-refractivity contribution in [3.63, 3.8) is 0 Å². The molecular formula is C23H25F4N3O2S. The minimum atomic E-state index is -3.23. The fourth-order valence-corrected chi connectivity index (χ4v) is 4.88. The number of amides is 1. The summed E-state index contributed by atoms with van der Waals surface area (Å²) in [5, 5.41) is 0. The van der Waals surface area contributed by atoms with Crippen LogP contribution in [0.25, 0.3) is 11.1 Å². The van der Waals surface area contributed by atoms with E-state index >= 15 is 4.39 Å². The maximum absolute atomic E-state index is 15.5. The van der Waals surface area contributed by atoms with E-state index in [4.69, 9.17) is 4.74 Å². The molecule has 2 aromatic carbocycles. The Bertz CT molecular complexity index is 1030. The van der Waals surface area contributed by atoms with Gasteiger partial charge in [0.1, 0.15) is 23.8 Å². The lowest BCUT2D eigenvalue weighted by Crippen LogP contribution is -2.52. The summed E-state index contributed by atoms with van der Waals surface area (Å²) >= 11 is 0.879. The SMILES string of the molecule is CNSN[C@@H]1[C@H](Cc2cccc(-c3cccc(C)c3F)c2F)N(C(=O)[C@H]2CCO2)CC1(F)F. The number of nitrogens with one attached hydrogen (secondary N) is 2. The maximum atomic E-state index is 15.5. The van der Waals surface area contributed by atoms with E-state index in [0.717, 1.165) is 17.0 Å². The van der Waals surface area contributed by atoms with Crippen molar-refractivity contribution in [1.29, 1.82) is 0 Å². The molecule has 0 bridgehead atoms. The van der Waals surface area contributed by atoms with Gasteiger partial charge in [-0.15, -0.1) is 0 Å². The molecule has 3 atom stereocenters. The van der Waals surface area contributed by atoms with E-state index < -0.39 is 48.2 Å². The van der Waals surface area contributed by atoms with Gasteiger partial charge in [-0.1, -0.05) is 36.4 Å². The Balaban J connectivity index is 1.69. The highest BCUT2D eigenvalue weighted by Gasteiger charge is 2.57. The molecule has 10 heteroatoms. The number of carbonyl (C=O) groups is 1. The van der Waals surface area contributed by atoms with Crippen LogP contribution in [0.2, 0.25) is 0 Å². The third-order valence-electron chi connectivity index (χ3n) is 6.16. The van der Waals surface area contributed by atoms with E-state index in [1.807, 2.05) is 0 Å². The molecule has 0 radical (unpaired) electrons. The zero-order chi connectivity index (χ0) is 23.8. The van der Waals surface area contributed by atoms with Gasteiger partial charge in [0.2, 0.25) is 0 Å². The minimum Gasteiger partial charge on any atom is -0.368 e. The van der Waals surface area contributed by atoms with Crippen LogP contribution in [-0.2, 0) is 16.0 Å². The first-order chi connectivity index (χ1) is 15.7. The normalized spacial score (nSPS) is 24.1. The molecule has 1 amide bonds. The van der Waals surface area contributed by atoms with Gasteiger partial charge in [0, 0.05) is 29.7 Å². The summed E-state index contributed by atoms with van der Waals surface area (Å²) in [4.78, 5) is 14.0. The van der Waals surface area contributed by atoms with Crippen molar-refractivity contribution in [2.45, 2.75) is 43.9 Å². The molecule has 2 aliphatic heterocycles. The van der Waals surface area contributed by atoms with Gasteiger partial charge in [-0.05, 0) is 31.5 Å². The predicted molar refractivity (Wildman–Crippen MR) is 119 cm³/mol. The molecule has 0 aliphatic carbocycles. The first-order valence-corrected chi connectivity index (χ1v) is 11.5. The van der Waals surface area contributed by atoms with Crippen molar-refractivity contribution in [2.24, 2.45) is 0 Å². The van der Waals surface area contributed by atoms with Gasteiger partial charge in [0.05, 0.1) is 19.2 Å². The molecular weight excluding hydrogens is 458 g/mol.